The van der Waals surface area contributed by atoms with Crippen LogP contribution in [0.5, 0.6) is 0 Å². The third-order valence-corrected chi connectivity index (χ3v) is 3.29. The van der Waals surface area contributed by atoms with Gasteiger partial charge < -0.3 is 25.6 Å². The maximum absolute atomic E-state index is 12.4. The largest absolute Gasteiger partial charge is 0.444 e. The average molecular weight is 318 g/mol. The number of carbonyl (C=O) groups excluding carboxylic acids is 2. The Morgan fingerprint density at radius 3 is 2.00 bits per heavy atom. The molecule has 130 valence electrons. The predicted molar refractivity (Wildman–Crippen MR) is 83.3 cm³/mol. The van der Waals surface area contributed by atoms with Crippen LogP contribution in [0, 0.1) is 5.92 Å². The smallest absolute Gasteiger partial charge is 0.408 e. The highest BCUT2D eigenvalue weighted by atomic mass is 16.6. The van der Waals surface area contributed by atoms with Gasteiger partial charge in [-0.2, -0.15) is 0 Å². The summed E-state index contributed by atoms with van der Waals surface area (Å²) in [6.45, 7) is 9.64. The van der Waals surface area contributed by atoms with Crippen LogP contribution in [-0.4, -0.2) is 52.6 Å². The van der Waals surface area contributed by atoms with Crippen molar-refractivity contribution < 1.29 is 24.5 Å². The van der Waals surface area contributed by atoms with Gasteiger partial charge in [0.25, 0.3) is 0 Å². The highest BCUT2D eigenvalue weighted by Gasteiger charge is 2.33. The van der Waals surface area contributed by atoms with Crippen LogP contribution in [0.3, 0.4) is 0 Å². The minimum atomic E-state index is -1.14. The van der Waals surface area contributed by atoms with E-state index in [1.807, 2.05) is 13.8 Å². The van der Waals surface area contributed by atoms with Gasteiger partial charge in [0.2, 0.25) is 5.91 Å². The molecule has 0 rings (SSSR count). The number of hydrogen-bond acceptors (Lipinski definition) is 5. The fourth-order valence-electron chi connectivity index (χ4n) is 1.64. The summed E-state index contributed by atoms with van der Waals surface area (Å²) in [6, 6.07) is -0.808. The molecule has 0 radical (unpaired) electrons. The number of alkyl carbamates (subject to hydrolysis) is 1. The van der Waals surface area contributed by atoms with E-state index in [0.717, 1.165) is 0 Å². The van der Waals surface area contributed by atoms with Crippen LogP contribution in [0.4, 0.5) is 4.79 Å². The third kappa shape index (κ3) is 7.09. The van der Waals surface area contributed by atoms with Crippen molar-refractivity contribution in [1.82, 2.24) is 10.6 Å². The zero-order valence-corrected chi connectivity index (χ0v) is 14.4. The number of ether oxygens (including phenoxy) is 1. The van der Waals surface area contributed by atoms with E-state index in [1.54, 1.807) is 20.8 Å². The van der Waals surface area contributed by atoms with Gasteiger partial charge in [-0.1, -0.05) is 20.3 Å². The van der Waals surface area contributed by atoms with E-state index in [1.165, 1.54) is 6.92 Å². The monoisotopic (exact) mass is 318 g/mol. The normalized spacial score (nSPS) is 14.9. The number of nitrogens with one attached hydrogen (secondary N) is 2. The summed E-state index contributed by atoms with van der Waals surface area (Å²) in [5, 5.41) is 23.6. The molecule has 0 saturated heterocycles. The SMILES string of the molecule is CCC(C)C(NC(=O)OC(C)(C)C)C(=O)NC(C)(CO)CO. The highest BCUT2D eigenvalue weighted by Crippen LogP contribution is 2.12. The lowest BCUT2D eigenvalue weighted by atomic mass is 9.96. The Bertz CT molecular complexity index is 375. The standard InChI is InChI=1S/C15H30N2O5/c1-7-10(2)11(16-13(21)22-14(3,4)5)12(20)17-15(6,8-18)9-19/h10-11,18-19H,7-9H2,1-6H3,(H,16,21)(H,17,20). The number of amides is 2. The number of carbonyl (C=O) groups is 2. The molecule has 0 aliphatic rings. The summed E-state index contributed by atoms with van der Waals surface area (Å²) in [4.78, 5) is 24.3. The molecule has 0 aliphatic carbocycles. The second kappa shape index (κ2) is 8.33. The lowest BCUT2D eigenvalue weighted by Gasteiger charge is -2.31. The molecule has 0 aromatic carbocycles. The number of aliphatic hydroxyl groups excluding tert-OH is 2. The number of rotatable bonds is 7. The third-order valence-electron chi connectivity index (χ3n) is 3.29. The van der Waals surface area contributed by atoms with Crippen LogP contribution in [0.1, 0.15) is 48.0 Å². The van der Waals surface area contributed by atoms with Gasteiger partial charge in [-0.15, -0.1) is 0 Å². The lowest BCUT2D eigenvalue weighted by molar-refractivity contribution is -0.127. The molecule has 0 fully saturated rings. The molecule has 2 amide bonds. The molecule has 0 aromatic heterocycles. The van der Waals surface area contributed by atoms with Crippen molar-refractivity contribution in [3.63, 3.8) is 0 Å². The Kier molecular flexibility index (Phi) is 7.83. The molecule has 7 nitrogen and oxygen atoms in total. The maximum Gasteiger partial charge on any atom is 0.408 e. The van der Waals surface area contributed by atoms with Crippen molar-refractivity contribution >= 4 is 12.0 Å². The minimum Gasteiger partial charge on any atom is -0.444 e. The van der Waals surface area contributed by atoms with Crippen molar-refractivity contribution in [3.8, 4) is 0 Å². The Morgan fingerprint density at radius 1 is 1.14 bits per heavy atom. The second-order valence-electron chi connectivity index (χ2n) is 6.88. The van der Waals surface area contributed by atoms with E-state index in [-0.39, 0.29) is 5.92 Å². The first kappa shape index (κ1) is 20.7. The Morgan fingerprint density at radius 2 is 1.64 bits per heavy atom. The van der Waals surface area contributed by atoms with E-state index >= 15 is 0 Å². The highest BCUT2D eigenvalue weighted by molar-refractivity contribution is 5.86. The van der Waals surface area contributed by atoms with Gasteiger partial charge in [0.1, 0.15) is 11.6 Å². The predicted octanol–water partition coefficient (Wildman–Crippen LogP) is 0.785. The number of hydrogen-bond donors (Lipinski definition) is 4. The fourth-order valence-corrected chi connectivity index (χ4v) is 1.64. The number of aliphatic hydroxyl groups is 2. The first-order valence-electron chi connectivity index (χ1n) is 7.51. The van der Waals surface area contributed by atoms with Crippen LogP contribution >= 0.6 is 0 Å². The van der Waals surface area contributed by atoms with Gasteiger partial charge in [0, 0.05) is 0 Å². The van der Waals surface area contributed by atoms with Crippen molar-refractivity contribution in [3.05, 3.63) is 0 Å². The van der Waals surface area contributed by atoms with E-state index in [9.17, 15) is 19.8 Å². The summed E-state index contributed by atoms with van der Waals surface area (Å²) < 4.78 is 5.17. The zero-order valence-electron chi connectivity index (χ0n) is 14.4. The van der Waals surface area contributed by atoms with Gasteiger partial charge in [-0.3, -0.25) is 4.79 Å². The summed E-state index contributed by atoms with van der Waals surface area (Å²) in [6.07, 6.45) is -0.00861. The molecule has 4 N–H and O–H groups in total. The van der Waals surface area contributed by atoms with Crippen LogP contribution in [-0.2, 0) is 9.53 Å². The van der Waals surface area contributed by atoms with Crippen LogP contribution in [0.2, 0.25) is 0 Å². The molecule has 0 aromatic rings. The fraction of sp³-hybridized carbons (Fsp3) is 0.867. The molecule has 0 saturated carbocycles. The van der Waals surface area contributed by atoms with Gasteiger partial charge in [0.15, 0.2) is 0 Å². The van der Waals surface area contributed by atoms with Crippen LogP contribution in [0.15, 0.2) is 0 Å². The molecular formula is C15H30N2O5. The van der Waals surface area contributed by atoms with E-state index in [0.29, 0.717) is 6.42 Å². The van der Waals surface area contributed by atoms with Gasteiger partial charge in [-0.05, 0) is 33.6 Å². The van der Waals surface area contributed by atoms with Gasteiger partial charge in [-0.25, -0.2) is 4.79 Å². The molecule has 2 unspecified atom stereocenters. The topological polar surface area (TPSA) is 108 Å². The summed E-state index contributed by atoms with van der Waals surface area (Å²) in [5.41, 5.74) is -1.80. The Labute approximate surface area is 132 Å². The second-order valence-corrected chi connectivity index (χ2v) is 6.88. The van der Waals surface area contributed by atoms with Crippen LogP contribution in [0.25, 0.3) is 0 Å². The zero-order chi connectivity index (χ0) is 17.6. The summed E-state index contributed by atoms with van der Waals surface area (Å²) in [7, 11) is 0. The first-order valence-corrected chi connectivity index (χ1v) is 7.51. The first-order chi connectivity index (χ1) is 9.98. The Balaban J connectivity index is 4.99. The molecule has 0 spiro atoms. The van der Waals surface area contributed by atoms with Crippen molar-refractivity contribution in [2.45, 2.75) is 65.1 Å². The summed E-state index contributed by atoms with van der Waals surface area (Å²) in [5.74, 6) is -0.597. The van der Waals surface area contributed by atoms with E-state index in [2.05, 4.69) is 10.6 Å². The molecule has 0 aliphatic heterocycles. The minimum absolute atomic E-state index is 0.130. The molecule has 7 heteroatoms. The van der Waals surface area contributed by atoms with Gasteiger partial charge >= 0.3 is 6.09 Å². The van der Waals surface area contributed by atoms with Crippen molar-refractivity contribution in [1.29, 1.82) is 0 Å². The quantitative estimate of drug-likeness (QED) is 0.555. The molecule has 2 atom stereocenters. The van der Waals surface area contributed by atoms with Crippen molar-refractivity contribution in [2.75, 3.05) is 13.2 Å². The lowest BCUT2D eigenvalue weighted by Crippen LogP contribution is -2.59. The van der Waals surface area contributed by atoms with Crippen molar-refractivity contribution in [2.24, 2.45) is 5.92 Å². The average Bonchev–Trinajstić information content (AvgIpc) is 2.41. The van der Waals surface area contributed by atoms with Crippen LogP contribution < -0.4 is 10.6 Å². The summed E-state index contributed by atoms with van der Waals surface area (Å²) >= 11 is 0. The molecular weight excluding hydrogens is 288 g/mol. The Hall–Kier alpha value is -1.34. The maximum atomic E-state index is 12.4. The molecule has 22 heavy (non-hydrogen) atoms. The molecule has 0 heterocycles. The van der Waals surface area contributed by atoms with E-state index < -0.39 is 42.4 Å². The van der Waals surface area contributed by atoms with E-state index in [4.69, 9.17) is 4.74 Å². The molecule has 0 bridgehead atoms. The van der Waals surface area contributed by atoms with Gasteiger partial charge in [0.05, 0.1) is 18.8 Å².